The summed E-state index contributed by atoms with van der Waals surface area (Å²) in [6.45, 7) is 5.05. The Morgan fingerprint density at radius 2 is 1.88 bits per heavy atom. The van der Waals surface area contributed by atoms with Gasteiger partial charge in [0.15, 0.2) is 6.79 Å². The first kappa shape index (κ1) is 20.5. The fourth-order valence-corrected chi connectivity index (χ4v) is 2.34. The molecule has 1 aromatic carbocycles. The van der Waals surface area contributed by atoms with Gasteiger partial charge in [0.05, 0.1) is 19.0 Å². The van der Waals surface area contributed by atoms with Crippen LogP contribution in [0.1, 0.15) is 51.5 Å². The van der Waals surface area contributed by atoms with E-state index in [4.69, 9.17) is 9.47 Å². The quantitative estimate of drug-likeness (QED) is 0.233. The highest BCUT2D eigenvalue weighted by atomic mass is 16.7. The van der Waals surface area contributed by atoms with E-state index in [0.717, 1.165) is 37.7 Å². The molecule has 0 unspecified atom stereocenters. The normalized spacial score (nSPS) is 14.3. The molecule has 0 fully saturated rings. The lowest BCUT2D eigenvalue weighted by Crippen LogP contribution is -2.16. The van der Waals surface area contributed by atoms with Crippen molar-refractivity contribution in [2.24, 2.45) is 5.92 Å². The molecule has 3 heteroatoms. The van der Waals surface area contributed by atoms with Gasteiger partial charge in [0.2, 0.25) is 0 Å². The number of benzene rings is 1. The van der Waals surface area contributed by atoms with E-state index in [1.807, 2.05) is 42.5 Å². The first-order valence-corrected chi connectivity index (χ1v) is 9.02. The van der Waals surface area contributed by atoms with Crippen LogP contribution in [0.5, 0.6) is 0 Å². The summed E-state index contributed by atoms with van der Waals surface area (Å²) in [6, 6.07) is 10.0. The van der Waals surface area contributed by atoms with Crippen LogP contribution in [-0.4, -0.2) is 18.0 Å². The molecule has 0 aliphatic heterocycles. The number of aliphatic hydroxyl groups is 1. The van der Waals surface area contributed by atoms with Crippen molar-refractivity contribution in [1.29, 1.82) is 0 Å². The summed E-state index contributed by atoms with van der Waals surface area (Å²) in [5, 5.41) is 10.3. The van der Waals surface area contributed by atoms with E-state index in [0.29, 0.717) is 6.61 Å². The fourth-order valence-electron chi connectivity index (χ4n) is 2.34. The number of aliphatic hydroxyl groups excluding tert-OH is 1. The van der Waals surface area contributed by atoms with Crippen molar-refractivity contribution < 1.29 is 14.6 Å². The molecule has 3 nitrogen and oxygen atoms in total. The number of unbranched alkanes of at least 4 members (excludes halogenated alkanes) is 2. The molecule has 1 aromatic rings. The minimum absolute atomic E-state index is 0.0900. The Bertz CT molecular complexity index is 453. The molecule has 0 spiro atoms. The van der Waals surface area contributed by atoms with Gasteiger partial charge in [-0.1, -0.05) is 75.6 Å². The topological polar surface area (TPSA) is 38.7 Å². The number of hydrogen-bond donors (Lipinski definition) is 1. The average molecular weight is 332 g/mol. The Morgan fingerprint density at radius 3 is 2.58 bits per heavy atom. The van der Waals surface area contributed by atoms with E-state index in [2.05, 4.69) is 19.9 Å². The first-order chi connectivity index (χ1) is 11.8. The summed E-state index contributed by atoms with van der Waals surface area (Å²) in [4.78, 5) is 0. The van der Waals surface area contributed by atoms with Crippen molar-refractivity contribution in [1.82, 2.24) is 0 Å². The van der Waals surface area contributed by atoms with Crippen molar-refractivity contribution in [2.75, 3.05) is 6.79 Å². The number of rotatable bonds is 13. The fraction of sp³-hybridized carbons (Fsp3) is 0.524. The van der Waals surface area contributed by atoms with Gasteiger partial charge in [-0.15, -0.1) is 0 Å². The second kappa shape index (κ2) is 13.8. The van der Waals surface area contributed by atoms with Crippen LogP contribution >= 0.6 is 0 Å². The van der Waals surface area contributed by atoms with E-state index in [-0.39, 0.29) is 12.7 Å². The Morgan fingerprint density at radius 1 is 1.08 bits per heavy atom. The molecule has 0 saturated heterocycles. The number of hydrogen-bond acceptors (Lipinski definition) is 3. The summed E-state index contributed by atoms with van der Waals surface area (Å²) in [5.41, 5.74) is 1.13. The van der Waals surface area contributed by atoms with Crippen LogP contribution < -0.4 is 0 Å². The van der Waals surface area contributed by atoms with Crippen LogP contribution in [0.3, 0.4) is 0 Å². The van der Waals surface area contributed by atoms with Gasteiger partial charge in [-0.2, -0.15) is 0 Å². The molecule has 0 aliphatic rings. The Labute approximate surface area is 147 Å². The minimum atomic E-state index is -0.451. The van der Waals surface area contributed by atoms with Crippen molar-refractivity contribution >= 4 is 0 Å². The maximum absolute atomic E-state index is 10.3. The van der Waals surface area contributed by atoms with Gasteiger partial charge < -0.3 is 14.6 Å². The van der Waals surface area contributed by atoms with E-state index in [9.17, 15) is 5.11 Å². The molecule has 134 valence electrons. The zero-order valence-corrected chi connectivity index (χ0v) is 15.1. The van der Waals surface area contributed by atoms with Gasteiger partial charge in [0, 0.05) is 5.92 Å². The molecule has 0 aromatic heterocycles. The van der Waals surface area contributed by atoms with Gasteiger partial charge in [0.25, 0.3) is 0 Å². The van der Waals surface area contributed by atoms with Gasteiger partial charge >= 0.3 is 0 Å². The van der Waals surface area contributed by atoms with Crippen molar-refractivity contribution in [3.8, 4) is 0 Å². The van der Waals surface area contributed by atoms with E-state index < -0.39 is 6.10 Å². The third kappa shape index (κ3) is 9.53. The molecule has 0 bridgehead atoms. The van der Waals surface area contributed by atoms with Gasteiger partial charge in [-0.25, -0.2) is 0 Å². The maximum atomic E-state index is 10.3. The Hall–Kier alpha value is -1.58. The molecule has 1 N–H and O–H groups in total. The summed E-state index contributed by atoms with van der Waals surface area (Å²) in [6.07, 6.45) is 12.4. The van der Waals surface area contributed by atoms with Crippen LogP contribution in [0, 0.1) is 5.92 Å². The molecule has 0 aliphatic carbocycles. The molecular weight excluding hydrogens is 300 g/mol. The molecule has 0 amide bonds. The molecule has 1 rings (SSSR count). The smallest absolute Gasteiger partial charge is 0.188 e. The molecule has 24 heavy (non-hydrogen) atoms. The predicted octanol–water partition coefficient (Wildman–Crippen LogP) is 5.21. The largest absolute Gasteiger partial charge is 0.475 e. The van der Waals surface area contributed by atoms with Gasteiger partial charge in [-0.05, 0) is 24.5 Å². The molecular formula is C21H32O3. The lowest BCUT2D eigenvalue weighted by atomic mass is 9.95. The van der Waals surface area contributed by atoms with Crippen LogP contribution in [0.2, 0.25) is 0 Å². The predicted molar refractivity (Wildman–Crippen MR) is 99.4 cm³/mol. The summed E-state index contributed by atoms with van der Waals surface area (Å²) in [5.74, 6) is 0.0900. The highest BCUT2D eigenvalue weighted by Crippen LogP contribution is 2.16. The van der Waals surface area contributed by atoms with Crippen LogP contribution in [-0.2, 0) is 16.1 Å². The maximum Gasteiger partial charge on any atom is 0.188 e. The summed E-state index contributed by atoms with van der Waals surface area (Å²) >= 11 is 0. The Balaban J connectivity index is 2.32. The standard InChI is InChI=1S/C21H32O3/c1-3-5-8-14-21(22)20(13-6-4-2)15-16-23-18-24-17-19-11-9-7-10-12-19/h7-12,14-16,20-22H,3-6,13,17-18H2,1-2H3/b14-8+,16-15+/t20-,21+/m1/s1. The third-order valence-corrected chi connectivity index (χ3v) is 3.80. The highest BCUT2D eigenvalue weighted by molar-refractivity contribution is 5.13. The monoisotopic (exact) mass is 332 g/mol. The summed E-state index contributed by atoms with van der Waals surface area (Å²) in [7, 11) is 0. The average Bonchev–Trinajstić information content (AvgIpc) is 2.61. The van der Waals surface area contributed by atoms with E-state index in [1.165, 1.54) is 0 Å². The molecule has 0 saturated carbocycles. The second-order valence-electron chi connectivity index (χ2n) is 5.96. The third-order valence-electron chi connectivity index (χ3n) is 3.80. The second-order valence-corrected chi connectivity index (χ2v) is 5.96. The zero-order valence-electron chi connectivity index (χ0n) is 15.1. The van der Waals surface area contributed by atoms with Crippen molar-refractivity contribution in [3.05, 3.63) is 60.4 Å². The van der Waals surface area contributed by atoms with Crippen molar-refractivity contribution in [2.45, 2.75) is 58.7 Å². The van der Waals surface area contributed by atoms with Gasteiger partial charge in [-0.3, -0.25) is 0 Å². The molecule has 2 atom stereocenters. The van der Waals surface area contributed by atoms with Crippen LogP contribution in [0.4, 0.5) is 0 Å². The minimum Gasteiger partial charge on any atom is -0.475 e. The SMILES string of the molecule is CCC/C=C/[C@H](O)[C@@H](/C=C/OCOCc1ccccc1)CCCC. The summed E-state index contributed by atoms with van der Waals surface area (Å²) < 4.78 is 10.9. The highest BCUT2D eigenvalue weighted by Gasteiger charge is 2.13. The molecule has 0 heterocycles. The van der Waals surface area contributed by atoms with Crippen molar-refractivity contribution in [3.63, 3.8) is 0 Å². The first-order valence-electron chi connectivity index (χ1n) is 9.02. The molecule has 0 radical (unpaired) electrons. The Kier molecular flexibility index (Phi) is 11.8. The lowest BCUT2D eigenvalue weighted by molar-refractivity contribution is -0.0213. The number of ether oxygens (including phenoxy) is 2. The van der Waals surface area contributed by atoms with Crippen LogP contribution in [0.15, 0.2) is 54.8 Å². The van der Waals surface area contributed by atoms with E-state index >= 15 is 0 Å². The van der Waals surface area contributed by atoms with Crippen LogP contribution in [0.25, 0.3) is 0 Å². The number of allylic oxidation sites excluding steroid dienone is 1. The lowest BCUT2D eigenvalue weighted by Gasteiger charge is -2.16. The zero-order chi connectivity index (χ0) is 17.5. The van der Waals surface area contributed by atoms with E-state index in [1.54, 1.807) is 6.26 Å². The van der Waals surface area contributed by atoms with Gasteiger partial charge in [0.1, 0.15) is 0 Å².